The van der Waals surface area contributed by atoms with Gasteiger partial charge in [-0.3, -0.25) is 4.79 Å². The van der Waals surface area contributed by atoms with Gasteiger partial charge in [0.1, 0.15) is 5.82 Å². The Morgan fingerprint density at radius 3 is 2.94 bits per heavy atom. The molecule has 1 aromatic carbocycles. The number of carbonyl (C=O) groups excluding carboxylic acids is 1. The van der Waals surface area contributed by atoms with E-state index in [0.717, 1.165) is 0 Å². The van der Waals surface area contributed by atoms with Crippen LogP contribution in [0.25, 0.3) is 0 Å². The molecule has 5 nitrogen and oxygen atoms in total. The lowest BCUT2D eigenvalue weighted by molar-refractivity contribution is -0.119. The molecule has 0 saturated carbocycles. The summed E-state index contributed by atoms with van der Waals surface area (Å²) in [6, 6.07) is 2.68. The lowest BCUT2D eigenvalue weighted by Gasteiger charge is -2.10. The standard InChI is InChI=1S/C11H15BrFN3O2/c1-18-3-2-15-11(17)6-16-10-5-8(13)7(12)4-9(10)14/h4-5,16H,2-3,6,14H2,1H3,(H,15,17). The van der Waals surface area contributed by atoms with Gasteiger partial charge in [0.05, 0.1) is 29.0 Å². The van der Waals surface area contributed by atoms with Crippen LogP contribution >= 0.6 is 15.9 Å². The van der Waals surface area contributed by atoms with Gasteiger partial charge in [0, 0.05) is 19.7 Å². The number of amides is 1. The molecule has 1 rings (SSSR count). The van der Waals surface area contributed by atoms with Crippen molar-refractivity contribution < 1.29 is 13.9 Å². The van der Waals surface area contributed by atoms with Crippen LogP contribution in [-0.4, -0.2) is 32.7 Å². The maximum Gasteiger partial charge on any atom is 0.239 e. The molecular weight excluding hydrogens is 305 g/mol. The van der Waals surface area contributed by atoms with Gasteiger partial charge in [0.25, 0.3) is 0 Å². The predicted octanol–water partition coefficient (Wildman–Crippen LogP) is 1.34. The van der Waals surface area contributed by atoms with Gasteiger partial charge in [-0.05, 0) is 22.0 Å². The molecule has 0 unspecified atom stereocenters. The quantitative estimate of drug-likeness (QED) is 0.546. The first-order chi connectivity index (χ1) is 8.54. The molecule has 0 aliphatic carbocycles. The van der Waals surface area contributed by atoms with Crippen molar-refractivity contribution in [3.05, 3.63) is 22.4 Å². The summed E-state index contributed by atoms with van der Waals surface area (Å²) in [5, 5.41) is 5.40. The number of carbonyl (C=O) groups is 1. The van der Waals surface area contributed by atoms with Gasteiger partial charge < -0.3 is 21.1 Å². The van der Waals surface area contributed by atoms with Gasteiger partial charge in [0.15, 0.2) is 0 Å². The van der Waals surface area contributed by atoms with Crippen LogP contribution in [0.1, 0.15) is 0 Å². The minimum atomic E-state index is -0.438. The molecule has 0 atom stereocenters. The maximum absolute atomic E-state index is 13.3. The fourth-order valence-corrected chi connectivity index (χ4v) is 1.61. The highest BCUT2D eigenvalue weighted by Gasteiger charge is 2.07. The molecule has 0 aliphatic heterocycles. The first-order valence-corrected chi connectivity index (χ1v) is 6.08. The molecule has 18 heavy (non-hydrogen) atoms. The zero-order valence-electron chi connectivity index (χ0n) is 9.93. The van der Waals surface area contributed by atoms with Crippen LogP contribution in [0.15, 0.2) is 16.6 Å². The van der Waals surface area contributed by atoms with E-state index >= 15 is 0 Å². The van der Waals surface area contributed by atoms with E-state index in [0.29, 0.717) is 24.5 Å². The number of nitrogens with one attached hydrogen (secondary N) is 2. The summed E-state index contributed by atoms with van der Waals surface area (Å²) in [5.74, 6) is -0.652. The molecule has 0 spiro atoms. The van der Waals surface area contributed by atoms with Crippen LogP contribution in [0.5, 0.6) is 0 Å². The molecule has 0 saturated heterocycles. The summed E-state index contributed by atoms with van der Waals surface area (Å²) < 4.78 is 18.4. The monoisotopic (exact) mass is 319 g/mol. The van der Waals surface area contributed by atoms with Crippen LogP contribution < -0.4 is 16.4 Å². The summed E-state index contributed by atoms with van der Waals surface area (Å²) in [4.78, 5) is 11.4. The van der Waals surface area contributed by atoms with Crippen molar-refractivity contribution in [1.29, 1.82) is 0 Å². The van der Waals surface area contributed by atoms with Crippen molar-refractivity contribution in [3.8, 4) is 0 Å². The average Bonchev–Trinajstić information content (AvgIpc) is 2.32. The summed E-state index contributed by atoms with van der Waals surface area (Å²) in [6.07, 6.45) is 0. The highest BCUT2D eigenvalue weighted by atomic mass is 79.9. The Morgan fingerprint density at radius 1 is 1.56 bits per heavy atom. The molecule has 4 N–H and O–H groups in total. The number of hydrogen-bond donors (Lipinski definition) is 3. The van der Waals surface area contributed by atoms with E-state index in [1.165, 1.54) is 12.1 Å². The lowest BCUT2D eigenvalue weighted by Crippen LogP contribution is -2.32. The van der Waals surface area contributed by atoms with Gasteiger partial charge in [-0.25, -0.2) is 4.39 Å². The van der Waals surface area contributed by atoms with Crippen LogP contribution in [0, 0.1) is 5.82 Å². The Hall–Kier alpha value is -1.34. The van der Waals surface area contributed by atoms with E-state index in [4.69, 9.17) is 10.5 Å². The van der Waals surface area contributed by atoms with Gasteiger partial charge >= 0.3 is 0 Å². The number of anilines is 2. The average molecular weight is 320 g/mol. The minimum absolute atomic E-state index is 0.0228. The Morgan fingerprint density at radius 2 is 2.28 bits per heavy atom. The summed E-state index contributed by atoms with van der Waals surface area (Å²) >= 11 is 3.03. The largest absolute Gasteiger partial charge is 0.397 e. The van der Waals surface area contributed by atoms with E-state index in [9.17, 15) is 9.18 Å². The second-order valence-corrected chi connectivity index (χ2v) is 4.40. The normalized spacial score (nSPS) is 10.2. The number of nitrogens with two attached hydrogens (primary N) is 1. The van der Waals surface area contributed by atoms with Crippen LogP contribution in [0.2, 0.25) is 0 Å². The van der Waals surface area contributed by atoms with Gasteiger partial charge in [-0.1, -0.05) is 0 Å². The molecule has 0 heterocycles. The SMILES string of the molecule is COCCNC(=O)CNc1cc(F)c(Br)cc1N. The number of nitrogen functional groups attached to an aromatic ring is 1. The number of ether oxygens (including phenoxy) is 1. The smallest absolute Gasteiger partial charge is 0.239 e. The Bertz CT molecular complexity index is 429. The third-order valence-corrected chi connectivity index (χ3v) is 2.77. The second kappa shape index (κ2) is 7.17. The predicted molar refractivity (Wildman–Crippen MR) is 71.9 cm³/mol. The number of methoxy groups -OCH3 is 1. The zero-order chi connectivity index (χ0) is 13.5. The third-order valence-electron chi connectivity index (χ3n) is 2.16. The second-order valence-electron chi connectivity index (χ2n) is 3.55. The maximum atomic E-state index is 13.3. The van der Waals surface area contributed by atoms with Crippen molar-refractivity contribution in [2.24, 2.45) is 0 Å². The van der Waals surface area contributed by atoms with Gasteiger partial charge in [0.2, 0.25) is 5.91 Å². The molecule has 1 aromatic rings. The molecular formula is C11H15BrFN3O2. The van der Waals surface area contributed by atoms with Crippen molar-refractivity contribution in [1.82, 2.24) is 5.32 Å². The van der Waals surface area contributed by atoms with Crippen LogP contribution in [-0.2, 0) is 9.53 Å². The number of halogens is 2. The Labute approximate surface area is 113 Å². The Balaban J connectivity index is 2.48. The molecule has 0 aromatic heterocycles. The van der Waals surface area contributed by atoms with Crippen LogP contribution in [0.4, 0.5) is 15.8 Å². The van der Waals surface area contributed by atoms with Crippen molar-refractivity contribution in [3.63, 3.8) is 0 Å². The molecule has 1 amide bonds. The molecule has 7 heteroatoms. The highest BCUT2D eigenvalue weighted by Crippen LogP contribution is 2.26. The number of rotatable bonds is 6. The number of hydrogen-bond acceptors (Lipinski definition) is 4. The Kier molecular flexibility index (Phi) is 5.87. The fourth-order valence-electron chi connectivity index (χ4n) is 1.25. The van der Waals surface area contributed by atoms with Gasteiger partial charge in [-0.15, -0.1) is 0 Å². The first kappa shape index (κ1) is 14.7. The zero-order valence-corrected chi connectivity index (χ0v) is 11.5. The van der Waals surface area contributed by atoms with E-state index in [1.54, 1.807) is 7.11 Å². The lowest BCUT2D eigenvalue weighted by atomic mass is 10.2. The van der Waals surface area contributed by atoms with Crippen LogP contribution in [0.3, 0.4) is 0 Å². The summed E-state index contributed by atoms with van der Waals surface area (Å²) in [7, 11) is 1.55. The van der Waals surface area contributed by atoms with E-state index in [1.807, 2.05) is 0 Å². The van der Waals surface area contributed by atoms with E-state index in [-0.39, 0.29) is 16.9 Å². The van der Waals surface area contributed by atoms with Crippen molar-refractivity contribution >= 4 is 33.2 Å². The third kappa shape index (κ3) is 4.50. The molecule has 0 bridgehead atoms. The fraction of sp³-hybridized carbons (Fsp3) is 0.364. The molecule has 0 fully saturated rings. The first-order valence-electron chi connectivity index (χ1n) is 5.28. The number of benzene rings is 1. The van der Waals surface area contributed by atoms with E-state index < -0.39 is 5.82 Å². The topological polar surface area (TPSA) is 76.4 Å². The van der Waals surface area contributed by atoms with Crippen molar-refractivity contribution in [2.75, 3.05) is 37.9 Å². The molecule has 0 radical (unpaired) electrons. The molecule has 0 aliphatic rings. The minimum Gasteiger partial charge on any atom is -0.397 e. The van der Waals surface area contributed by atoms with Crippen molar-refractivity contribution in [2.45, 2.75) is 0 Å². The summed E-state index contributed by atoms with van der Waals surface area (Å²) in [6.45, 7) is 0.900. The summed E-state index contributed by atoms with van der Waals surface area (Å²) in [5.41, 5.74) is 6.44. The van der Waals surface area contributed by atoms with Gasteiger partial charge in [-0.2, -0.15) is 0 Å². The molecule has 100 valence electrons. The van der Waals surface area contributed by atoms with E-state index in [2.05, 4.69) is 26.6 Å². The highest BCUT2D eigenvalue weighted by molar-refractivity contribution is 9.10.